The molecule has 0 aromatic heterocycles. The monoisotopic (exact) mass is 486 g/mol. The normalized spacial score (nSPS) is 21.4. The summed E-state index contributed by atoms with van der Waals surface area (Å²) in [6.45, 7) is 7.65. The predicted octanol–water partition coefficient (Wildman–Crippen LogP) is 4.36. The average molecular weight is 487 g/mol. The third kappa shape index (κ3) is 4.67. The molecule has 2 amide bonds. The Morgan fingerprint density at radius 3 is 2.61 bits per heavy atom. The van der Waals surface area contributed by atoms with Gasteiger partial charge in [-0.2, -0.15) is 0 Å². The van der Waals surface area contributed by atoms with Crippen molar-refractivity contribution >= 4 is 23.2 Å². The molecule has 0 bridgehead atoms. The molecule has 188 valence electrons. The summed E-state index contributed by atoms with van der Waals surface area (Å²) in [6, 6.07) is 13.8. The van der Waals surface area contributed by atoms with Crippen molar-refractivity contribution in [2.75, 3.05) is 38.6 Å². The first-order chi connectivity index (χ1) is 17.5. The summed E-state index contributed by atoms with van der Waals surface area (Å²) in [6.07, 6.45) is 2.95. The maximum atomic E-state index is 13.1. The van der Waals surface area contributed by atoms with Gasteiger partial charge in [-0.25, -0.2) is 0 Å². The Labute approximate surface area is 212 Å². The van der Waals surface area contributed by atoms with Gasteiger partial charge in [0.15, 0.2) is 0 Å². The molecule has 1 fully saturated rings. The summed E-state index contributed by atoms with van der Waals surface area (Å²) in [5, 5.41) is 6.16. The molecule has 2 aromatic carbocycles. The first-order valence-corrected chi connectivity index (χ1v) is 12.8. The number of carbonyl (C=O) groups excluding carboxylic acids is 2. The summed E-state index contributed by atoms with van der Waals surface area (Å²) >= 11 is 0. The number of amides is 2. The largest absolute Gasteiger partial charge is 0.497 e. The Morgan fingerprint density at radius 2 is 1.89 bits per heavy atom. The van der Waals surface area contributed by atoms with Crippen LogP contribution >= 0.6 is 0 Å². The molecule has 0 radical (unpaired) electrons. The number of benzene rings is 2. The van der Waals surface area contributed by atoms with Gasteiger partial charge in [0.25, 0.3) is 0 Å². The number of rotatable bonds is 8. The lowest BCUT2D eigenvalue weighted by Crippen LogP contribution is -2.38. The standard InChI is InChI=1S/C29H34N4O3/c1-18-25(31-19(2)26(18)29(35)30-13-16-33-14-4-5-15-33)17-23-27-22(7-6-8-24(27)32-28(23)34)20-9-11-21(36-3)12-10-20/h6-12,23,26H,4-5,13-17H2,1-3H3,(H,30,35)(H,32,34). The highest BCUT2D eigenvalue weighted by Crippen LogP contribution is 2.44. The molecule has 7 heteroatoms. The van der Waals surface area contributed by atoms with Crippen LogP contribution in [0.2, 0.25) is 0 Å². The van der Waals surface area contributed by atoms with E-state index in [2.05, 4.69) is 21.6 Å². The lowest BCUT2D eigenvalue weighted by atomic mass is 9.87. The lowest BCUT2D eigenvalue weighted by molar-refractivity contribution is -0.122. The zero-order valence-electron chi connectivity index (χ0n) is 21.3. The SMILES string of the molecule is COc1ccc(-c2cccc3c2C(CC2=C(C)C(C(=O)NCCN4CCCC4)C(C)=N2)C(=O)N3)cc1. The van der Waals surface area contributed by atoms with Crippen LogP contribution < -0.4 is 15.4 Å². The number of fused-ring (bicyclic) bond motifs is 1. The minimum atomic E-state index is -0.364. The van der Waals surface area contributed by atoms with Gasteiger partial charge < -0.3 is 20.3 Å². The number of allylic oxidation sites excluding steroid dienone is 1. The average Bonchev–Trinajstić information content (AvgIpc) is 3.58. The number of aliphatic imine (C=N–C) groups is 1. The Bertz CT molecular complexity index is 1230. The lowest BCUT2D eigenvalue weighted by Gasteiger charge is -2.18. The van der Waals surface area contributed by atoms with Crippen molar-refractivity contribution in [3.63, 3.8) is 0 Å². The van der Waals surface area contributed by atoms with Crippen LogP contribution in [0, 0.1) is 5.92 Å². The molecule has 0 spiro atoms. The molecule has 7 nitrogen and oxygen atoms in total. The Hall–Kier alpha value is -3.45. The fourth-order valence-corrected chi connectivity index (χ4v) is 5.70. The highest BCUT2D eigenvalue weighted by atomic mass is 16.5. The second-order valence-corrected chi connectivity index (χ2v) is 9.90. The van der Waals surface area contributed by atoms with Crippen molar-refractivity contribution in [1.82, 2.24) is 10.2 Å². The van der Waals surface area contributed by atoms with Gasteiger partial charge in [-0.3, -0.25) is 14.6 Å². The first kappa shape index (κ1) is 24.3. The van der Waals surface area contributed by atoms with E-state index in [0.29, 0.717) is 13.0 Å². The van der Waals surface area contributed by atoms with E-state index in [1.54, 1.807) is 7.11 Å². The molecule has 36 heavy (non-hydrogen) atoms. The van der Waals surface area contributed by atoms with E-state index in [9.17, 15) is 9.59 Å². The van der Waals surface area contributed by atoms with Crippen molar-refractivity contribution in [2.45, 2.75) is 39.0 Å². The number of anilines is 1. The molecule has 1 saturated heterocycles. The van der Waals surface area contributed by atoms with Gasteiger partial charge in [-0.05, 0) is 80.2 Å². The van der Waals surface area contributed by atoms with Crippen LogP contribution in [0.4, 0.5) is 5.69 Å². The van der Waals surface area contributed by atoms with E-state index >= 15 is 0 Å². The minimum absolute atomic E-state index is 0.00172. The van der Waals surface area contributed by atoms with Crippen molar-refractivity contribution in [3.8, 4) is 16.9 Å². The Kier molecular flexibility index (Phi) is 6.92. The van der Waals surface area contributed by atoms with Crippen LogP contribution in [0.3, 0.4) is 0 Å². The molecule has 0 saturated carbocycles. The second kappa shape index (κ2) is 10.3. The highest BCUT2D eigenvalue weighted by Gasteiger charge is 2.37. The van der Waals surface area contributed by atoms with Crippen molar-refractivity contribution < 1.29 is 14.3 Å². The van der Waals surface area contributed by atoms with Gasteiger partial charge in [0.1, 0.15) is 5.75 Å². The number of ether oxygens (including phenoxy) is 1. The van der Waals surface area contributed by atoms with Crippen LogP contribution in [0.25, 0.3) is 11.1 Å². The topological polar surface area (TPSA) is 83.0 Å². The molecule has 2 atom stereocenters. The van der Waals surface area contributed by atoms with Gasteiger partial charge in [0, 0.05) is 36.6 Å². The summed E-state index contributed by atoms with van der Waals surface area (Å²) in [5.41, 5.74) is 6.45. The maximum absolute atomic E-state index is 13.1. The summed E-state index contributed by atoms with van der Waals surface area (Å²) in [5.74, 6) is 0.0327. The van der Waals surface area contributed by atoms with Gasteiger partial charge in [0.2, 0.25) is 11.8 Å². The number of nitrogens with one attached hydrogen (secondary N) is 2. The molecule has 5 rings (SSSR count). The van der Waals surface area contributed by atoms with Crippen molar-refractivity contribution in [3.05, 3.63) is 59.3 Å². The fraction of sp³-hybridized carbons (Fsp3) is 0.414. The van der Waals surface area contributed by atoms with Gasteiger partial charge in [-0.1, -0.05) is 24.3 Å². The maximum Gasteiger partial charge on any atom is 0.233 e. The van der Waals surface area contributed by atoms with E-state index in [0.717, 1.165) is 64.7 Å². The number of nitrogens with zero attached hydrogens (tertiary/aromatic N) is 2. The number of hydrogen-bond donors (Lipinski definition) is 2. The number of hydrogen-bond acceptors (Lipinski definition) is 5. The van der Waals surface area contributed by atoms with Gasteiger partial charge >= 0.3 is 0 Å². The zero-order chi connectivity index (χ0) is 25.2. The number of likely N-dealkylation sites (tertiary alicyclic amines) is 1. The first-order valence-electron chi connectivity index (χ1n) is 12.8. The van der Waals surface area contributed by atoms with Crippen LogP contribution in [-0.2, 0) is 9.59 Å². The van der Waals surface area contributed by atoms with E-state index in [1.807, 2.05) is 50.2 Å². The van der Waals surface area contributed by atoms with Gasteiger partial charge in [0.05, 0.1) is 18.9 Å². The van der Waals surface area contributed by atoms with E-state index < -0.39 is 0 Å². The molecule has 2 N–H and O–H groups in total. The molecule has 2 aromatic rings. The highest BCUT2D eigenvalue weighted by molar-refractivity contribution is 6.09. The van der Waals surface area contributed by atoms with Gasteiger partial charge in [-0.15, -0.1) is 0 Å². The van der Waals surface area contributed by atoms with Crippen LogP contribution in [-0.4, -0.2) is 55.7 Å². The third-order valence-corrected chi connectivity index (χ3v) is 7.63. The van der Waals surface area contributed by atoms with E-state index in [1.165, 1.54) is 12.8 Å². The summed E-state index contributed by atoms with van der Waals surface area (Å²) in [7, 11) is 1.65. The van der Waals surface area contributed by atoms with Crippen molar-refractivity contribution in [2.24, 2.45) is 10.9 Å². The van der Waals surface area contributed by atoms with E-state index in [-0.39, 0.29) is 23.7 Å². The third-order valence-electron chi connectivity index (χ3n) is 7.63. The zero-order valence-corrected chi connectivity index (χ0v) is 21.3. The molecule has 2 unspecified atom stereocenters. The Balaban J connectivity index is 1.35. The van der Waals surface area contributed by atoms with E-state index in [4.69, 9.17) is 9.73 Å². The molecule has 3 aliphatic rings. The van der Waals surface area contributed by atoms with Crippen LogP contribution in [0.5, 0.6) is 5.75 Å². The number of methoxy groups -OCH3 is 1. The molecular weight excluding hydrogens is 452 g/mol. The molecule has 3 aliphatic heterocycles. The molecule has 3 heterocycles. The molecule has 0 aliphatic carbocycles. The minimum Gasteiger partial charge on any atom is -0.497 e. The Morgan fingerprint density at radius 1 is 1.14 bits per heavy atom. The van der Waals surface area contributed by atoms with Crippen LogP contribution in [0.1, 0.15) is 44.6 Å². The summed E-state index contributed by atoms with van der Waals surface area (Å²) < 4.78 is 5.30. The predicted molar refractivity (Wildman–Crippen MR) is 142 cm³/mol. The molecular formula is C29H34N4O3. The second-order valence-electron chi connectivity index (χ2n) is 9.90. The quantitative estimate of drug-likeness (QED) is 0.581. The van der Waals surface area contributed by atoms with Crippen LogP contribution in [0.15, 0.2) is 58.7 Å². The smallest absolute Gasteiger partial charge is 0.233 e. The van der Waals surface area contributed by atoms with Crippen molar-refractivity contribution in [1.29, 1.82) is 0 Å². The fourth-order valence-electron chi connectivity index (χ4n) is 5.70. The number of carbonyl (C=O) groups is 2. The summed E-state index contributed by atoms with van der Waals surface area (Å²) in [4.78, 5) is 33.3.